The maximum Gasteiger partial charge on any atom is 0.422 e. The highest BCUT2D eigenvalue weighted by Gasteiger charge is 2.34. The van der Waals surface area contributed by atoms with Gasteiger partial charge >= 0.3 is 6.18 Å². The van der Waals surface area contributed by atoms with Crippen molar-refractivity contribution in [2.45, 2.75) is 17.7 Å². The molecule has 0 aliphatic heterocycles. The van der Waals surface area contributed by atoms with Gasteiger partial charge < -0.3 is 5.73 Å². The predicted molar refractivity (Wildman–Crippen MR) is 76.4 cm³/mol. The minimum absolute atomic E-state index is 0.141. The maximum atomic E-state index is 12.5. The number of pyridine rings is 1. The van der Waals surface area contributed by atoms with Crippen LogP contribution >= 0.6 is 11.8 Å². The molecule has 0 amide bonds. The highest BCUT2D eigenvalue weighted by atomic mass is 32.2. The quantitative estimate of drug-likeness (QED) is 0.299. The molecule has 0 unspecified atom stereocenters. The Morgan fingerprint density at radius 3 is 2.45 bits per heavy atom. The van der Waals surface area contributed by atoms with Crippen molar-refractivity contribution in [3.05, 3.63) is 59.8 Å². The molecular formula is C14H13F3N3OS+. The van der Waals surface area contributed by atoms with E-state index in [4.69, 9.17) is 5.73 Å². The third-order valence-corrected chi connectivity index (χ3v) is 3.56. The van der Waals surface area contributed by atoms with Crippen LogP contribution in [0.2, 0.25) is 0 Å². The smallest absolute Gasteiger partial charge is 0.378 e. The summed E-state index contributed by atoms with van der Waals surface area (Å²) in [5.41, 5.74) is 5.72. The van der Waals surface area contributed by atoms with Crippen molar-refractivity contribution >= 4 is 16.9 Å². The van der Waals surface area contributed by atoms with Crippen LogP contribution in [0.1, 0.15) is 11.1 Å². The Hall–Kier alpha value is -2.22. The molecule has 0 fully saturated rings. The first-order chi connectivity index (χ1) is 10.4. The van der Waals surface area contributed by atoms with Gasteiger partial charge in [0.2, 0.25) is 6.20 Å². The maximum absolute atomic E-state index is 12.5. The Morgan fingerprint density at radius 1 is 1.18 bits per heavy atom. The van der Waals surface area contributed by atoms with E-state index in [0.29, 0.717) is 17.5 Å². The lowest BCUT2D eigenvalue weighted by atomic mass is 10.2. The summed E-state index contributed by atoms with van der Waals surface area (Å²) >= 11 is 0.882. The molecule has 0 aliphatic rings. The number of nitrogens with zero attached hydrogens (tertiary/aromatic N) is 2. The highest BCUT2D eigenvalue weighted by Crippen LogP contribution is 2.28. The van der Waals surface area contributed by atoms with Gasteiger partial charge in [-0.15, -0.1) is 0 Å². The number of aromatic nitrogens is 1. The van der Waals surface area contributed by atoms with Crippen molar-refractivity contribution in [1.29, 1.82) is 0 Å². The SMILES string of the molecule is NC(=NCc1ccccc1)Sc1ccc(C(F)(F)F)c[n+]1O. The van der Waals surface area contributed by atoms with Crippen LogP contribution in [0.25, 0.3) is 0 Å². The monoisotopic (exact) mass is 328 g/mol. The van der Waals surface area contributed by atoms with E-state index >= 15 is 0 Å². The minimum atomic E-state index is -4.51. The number of amidine groups is 1. The first-order valence-corrected chi connectivity index (χ1v) is 7.02. The summed E-state index contributed by atoms with van der Waals surface area (Å²) in [6.07, 6.45) is -3.92. The molecule has 1 heterocycles. The van der Waals surface area contributed by atoms with E-state index in [1.807, 2.05) is 30.3 Å². The average molecular weight is 328 g/mol. The van der Waals surface area contributed by atoms with Gasteiger partial charge in [0.05, 0.1) is 6.54 Å². The molecule has 1 aromatic carbocycles. The number of benzene rings is 1. The largest absolute Gasteiger partial charge is 0.422 e. The van der Waals surface area contributed by atoms with Crippen molar-refractivity contribution < 1.29 is 23.1 Å². The van der Waals surface area contributed by atoms with E-state index in [1.165, 1.54) is 0 Å². The van der Waals surface area contributed by atoms with E-state index < -0.39 is 11.7 Å². The van der Waals surface area contributed by atoms with Gasteiger partial charge in [0.15, 0.2) is 5.17 Å². The van der Waals surface area contributed by atoms with Gasteiger partial charge in [0.1, 0.15) is 5.56 Å². The third kappa shape index (κ3) is 4.39. The van der Waals surface area contributed by atoms with E-state index in [2.05, 4.69) is 4.99 Å². The lowest BCUT2D eigenvalue weighted by Gasteiger charge is -2.04. The minimum Gasteiger partial charge on any atom is -0.378 e. The van der Waals surface area contributed by atoms with Crippen LogP contribution in [0.5, 0.6) is 0 Å². The van der Waals surface area contributed by atoms with E-state index in [1.54, 1.807) is 0 Å². The first kappa shape index (κ1) is 16.2. The van der Waals surface area contributed by atoms with Crippen LogP contribution < -0.4 is 10.5 Å². The number of thioether (sulfide) groups is 1. The standard InChI is InChI=1S/C14H13F3N3OS/c15-14(16,17)11-6-7-12(20(21)9-11)22-13(18)19-8-10-4-2-1-3-5-10/h1-7,9,21H,8H2,(H2,18,19)/q+1. The van der Waals surface area contributed by atoms with Crippen molar-refractivity contribution in [2.24, 2.45) is 10.7 Å². The molecule has 2 rings (SSSR count). The second kappa shape index (κ2) is 6.69. The summed E-state index contributed by atoms with van der Waals surface area (Å²) in [5, 5.41) is 9.86. The van der Waals surface area contributed by atoms with Crippen LogP contribution in [0.15, 0.2) is 58.7 Å². The summed E-state index contributed by atoms with van der Waals surface area (Å²) in [5.74, 6) is 0. The van der Waals surface area contributed by atoms with E-state index in [-0.39, 0.29) is 10.2 Å². The third-order valence-electron chi connectivity index (χ3n) is 2.69. The number of hydrogen-bond acceptors (Lipinski definition) is 3. The van der Waals surface area contributed by atoms with Gasteiger partial charge in [0, 0.05) is 22.6 Å². The van der Waals surface area contributed by atoms with Crippen LogP contribution in [0, 0.1) is 0 Å². The molecule has 0 aliphatic carbocycles. The second-order valence-corrected chi connectivity index (χ2v) is 5.38. The molecular weight excluding hydrogens is 315 g/mol. The van der Waals surface area contributed by atoms with Crippen LogP contribution in [0.4, 0.5) is 13.2 Å². The van der Waals surface area contributed by atoms with Gasteiger partial charge in [-0.25, -0.2) is 0 Å². The first-order valence-electron chi connectivity index (χ1n) is 6.20. The zero-order valence-corrected chi connectivity index (χ0v) is 12.1. The van der Waals surface area contributed by atoms with E-state index in [9.17, 15) is 18.4 Å². The normalized spacial score (nSPS) is 12.4. The summed E-state index contributed by atoms with van der Waals surface area (Å²) in [6.45, 7) is 0.353. The van der Waals surface area contributed by atoms with Gasteiger partial charge in [-0.1, -0.05) is 30.3 Å². The number of nitrogens with two attached hydrogens (primary N) is 1. The molecule has 116 valence electrons. The molecule has 1 aromatic heterocycles. The molecule has 2 aromatic rings. The number of rotatable bonds is 3. The fourth-order valence-electron chi connectivity index (χ4n) is 1.62. The molecule has 0 saturated carbocycles. The molecule has 3 N–H and O–H groups in total. The number of aliphatic imine (C=N–C) groups is 1. The van der Waals surface area contributed by atoms with Crippen molar-refractivity contribution in [2.75, 3.05) is 0 Å². The Bertz CT molecular complexity index is 675. The molecule has 0 atom stereocenters. The number of alkyl halides is 3. The zero-order valence-electron chi connectivity index (χ0n) is 11.3. The summed E-state index contributed by atoms with van der Waals surface area (Å²) < 4.78 is 37.9. The second-order valence-electron chi connectivity index (χ2n) is 4.34. The fourth-order valence-corrected chi connectivity index (χ4v) is 2.24. The van der Waals surface area contributed by atoms with E-state index in [0.717, 1.165) is 29.5 Å². The molecule has 0 saturated heterocycles. The fraction of sp³-hybridized carbons (Fsp3) is 0.143. The molecule has 22 heavy (non-hydrogen) atoms. The van der Waals surface area contributed by atoms with Gasteiger partial charge in [0.25, 0.3) is 5.03 Å². The van der Waals surface area contributed by atoms with Gasteiger partial charge in [-0.2, -0.15) is 13.2 Å². The van der Waals surface area contributed by atoms with Crippen LogP contribution in [-0.4, -0.2) is 10.4 Å². The number of hydrogen-bond donors (Lipinski definition) is 2. The molecule has 0 radical (unpaired) electrons. The molecule has 8 heteroatoms. The summed E-state index contributed by atoms with van der Waals surface area (Å²) in [7, 11) is 0. The van der Waals surface area contributed by atoms with Crippen LogP contribution in [-0.2, 0) is 12.7 Å². The number of halogens is 3. The van der Waals surface area contributed by atoms with Gasteiger partial charge in [-0.05, 0) is 11.6 Å². The van der Waals surface area contributed by atoms with Crippen molar-refractivity contribution in [3.63, 3.8) is 0 Å². The Kier molecular flexibility index (Phi) is 4.92. The predicted octanol–water partition coefficient (Wildman–Crippen LogP) is 2.84. The summed E-state index contributed by atoms with van der Waals surface area (Å²) in [6, 6.07) is 11.4. The van der Waals surface area contributed by atoms with Gasteiger partial charge in [-0.3, -0.25) is 10.2 Å². The lowest BCUT2D eigenvalue weighted by Crippen LogP contribution is -2.34. The van der Waals surface area contributed by atoms with Crippen molar-refractivity contribution in [3.8, 4) is 0 Å². The average Bonchev–Trinajstić information content (AvgIpc) is 2.47. The zero-order chi connectivity index (χ0) is 16.2. The molecule has 0 bridgehead atoms. The Labute approximate surface area is 129 Å². The Morgan fingerprint density at radius 2 is 1.86 bits per heavy atom. The lowest BCUT2D eigenvalue weighted by molar-refractivity contribution is -0.932. The highest BCUT2D eigenvalue weighted by molar-refractivity contribution is 8.13. The summed E-state index contributed by atoms with van der Waals surface area (Å²) in [4.78, 5) is 4.11. The topological polar surface area (TPSA) is 62.5 Å². The molecule has 0 spiro atoms. The van der Waals surface area contributed by atoms with Crippen LogP contribution in [0.3, 0.4) is 0 Å². The van der Waals surface area contributed by atoms with Crippen molar-refractivity contribution in [1.82, 2.24) is 0 Å². The molecule has 4 nitrogen and oxygen atoms in total. The Balaban J connectivity index is 2.07.